The number of furan rings is 1. The maximum Gasteiger partial charge on any atom is 0.276 e. The molecular weight excluding hydrogens is 472 g/mol. The van der Waals surface area contributed by atoms with Crippen molar-refractivity contribution in [2.75, 3.05) is 13.1 Å². The number of thioether (sulfide) groups is 1. The van der Waals surface area contributed by atoms with Crippen molar-refractivity contribution in [3.05, 3.63) is 82.3 Å². The van der Waals surface area contributed by atoms with E-state index in [4.69, 9.17) is 9.68 Å². The predicted octanol–water partition coefficient (Wildman–Crippen LogP) is 3.93. The van der Waals surface area contributed by atoms with Crippen LogP contribution in [0.2, 0.25) is 0 Å². The number of nitrogens with zero attached hydrogens (tertiary/aromatic N) is 4. The summed E-state index contributed by atoms with van der Waals surface area (Å²) in [4.78, 5) is 18.0. The summed E-state index contributed by atoms with van der Waals surface area (Å²) < 4.78 is 34.1. The predicted molar refractivity (Wildman–Crippen MR) is 128 cm³/mol. The van der Waals surface area contributed by atoms with E-state index in [1.54, 1.807) is 48.5 Å². The van der Waals surface area contributed by atoms with Crippen LogP contribution in [0.15, 0.2) is 80.1 Å². The number of fused-ring (bicyclic) bond motifs is 1. The van der Waals surface area contributed by atoms with Crippen molar-refractivity contribution in [3.63, 3.8) is 0 Å². The number of sulfonamides is 1. The highest BCUT2D eigenvalue weighted by molar-refractivity contribution is 7.98. The Bertz CT molecular complexity index is 1560. The number of nitriles is 1. The first-order valence-electron chi connectivity index (χ1n) is 10.7. The lowest BCUT2D eigenvalue weighted by Gasteiger charge is -2.13. The molecule has 172 valence electrons. The van der Waals surface area contributed by atoms with E-state index in [1.807, 2.05) is 6.07 Å². The molecule has 0 amide bonds. The van der Waals surface area contributed by atoms with Crippen molar-refractivity contribution >= 4 is 32.7 Å². The number of rotatable bonds is 6. The van der Waals surface area contributed by atoms with Crippen molar-refractivity contribution in [1.29, 1.82) is 5.26 Å². The van der Waals surface area contributed by atoms with Gasteiger partial charge >= 0.3 is 0 Å². The van der Waals surface area contributed by atoms with Gasteiger partial charge in [-0.25, -0.2) is 13.4 Å². The second kappa shape index (κ2) is 9.10. The lowest BCUT2D eigenvalue weighted by atomic mass is 10.2. The van der Waals surface area contributed by atoms with Gasteiger partial charge in [0.05, 0.1) is 34.0 Å². The van der Waals surface area contributed by atoms with Crippen molar-refractivity contribution in [2.24, 2.45) is 0 Å². The molecule has 0 saturated carbocycles. The van der Waals surface area contributed by atoms with Crippen LogP contribution in [-0.4, -0.2) is 35.4 Å². The van der Waals surface area contributed by atoms with E-state index in [9.17, 15) is 13.2 Å². The summed E-state index contributed by atoms with van der Waals surface area (Å²) >= 11 is 1.27. The van der Waals surface area contributed by atoms with Gasteiger partial charge in [0, 0.05) is 13.1 Å². The van der Waals surface area contributed by atoms with Crippen molar-refractivity contribution in [3.8, 4) is 11.8 Å². The highest BCUT2D eigenvalue weighted by atomic mass is 32.2. The second-order valence-electron chi connectivity index (χ2n) is 7.83. The number of benzene rings is 2. The topological polar surface area (TPSA) is 109 Å². The molecule has 5 rings (SSSR count). The molecule has 3 heterocycles. The SMILES string of the molecule is N#Cc1ccc(-n2c(SCc3ccc(S(=O)(=O)N4CCCC4)o3)nc3ccccc3c2=O)cc1. The second-order valence-corrected chi connectivity index (χ2v) is 10.6. The molecule has 0 N–H and O–H groups in total. The molecule has 8 nitrogen and oxygen atoms in total. The molecule has 0 aliphatic carbocycles. The fourth-order valence-corrected chi connectivity index (χ4v) is 6.24. The molecule has 1 fully saturated rings. The van der Waals surface area contributed by atoms with Gasteiger partial charge in [-0.3, -0.25) is 9.36 Å². The first-order valence-corrected chi connectivity index (χ1v) is 13.1. The maximum absolute atomic E-state index is 13.3. The summed E-state index contributed by atoms with van der Waals surface area (Å²) in [5.74, 6) is 0.757. The van der Waals surface area contributed by atoms with Gasteiger partial charge in [-0.1, -0.05) is 23.9 Å². The van der Waals surface area contributed by atoms with Gasteiger partial charge in [-0.15, -0.1) is 0 Å². The van der Waals surface area contributed by atoms with Crippen LogP contribution in [0.4, 0.5) is 0 Å². The van der Waals surface area contributed by atoms with Gasteiger partial charge < -0.3 is 4.42 Å². The Kier molecular flexibility index (Phi) is 6.00. The molecule has 1 saturated heterocycles. The average molecular weight is 493 g/mol. The van der Waals surface area contributed by atoms with Crippen LogP contribution in [-0.2, 0) is 15.8 Å². The Labute approximate surface area is 200 Å². The maximum atomic E-state index is 13.3. The number of hydrogen-bond acceptors (Lipinski definition) is 7. The fourth-order valence-electron chi connectivity index (χ4n) is 3.89. The molecule has 0 atom stereocenters. The van der Waals surface area contributed by atoms with Crippen LogP contribution in [0.5, 0.6) is 0 Å². The molecule has 10 heteroatoms. The Morgan fingerprint density at radius 1 is 1.03 bits per heavy atom. The summed E-state index contributed by atoms with van der Waals surface area (Å²) in [6, 6.07) is 19.0. The zero-order chi connectivity index (χ0) is 23.7. The largest absolute Gasteiger partial charge is 0.447 e. The van der Waals surface area contributed by atoms with Crippen molar-refractivity contribution in [2.45, 2.75) is 28.8 Å². The highest BCUT2D eigenvalue weighted by Gasteiger charge is 2.30. The number of para-hydroxylation sites is 1. The monoisotopic (exact) mass is 492 g/mol. The van der Waals surface area contributed by atoms with E-state index in [2.05, 4.69) is 11.1 Å². The van der Waals surface area contributed by atoms with Crippen LogP contribution in [0.25, 0.3) is 16.6 Å². The Hall–Kier alpha value is -3.39. The molecule has 2 aromatic heterocycles. The van der Waals surface area contributed by atoms with Gasteiger partial charge in [-0.2, -0.15) is 9.57 Å². The standard InChI is InChI=1S/C24H20N4O4S2/c25-15-17-7-9-18(10-8-17)28-23(29)20-5-1-2-6-21(20)26-24(28)33-16-19-11-12-22(32-19)34(30,31)27-13-3-4-14-27/h1-2,5-12H,3-4,13-14,16H2. The van der Waals surface area contributed by atoms with Crippen LogP contribution >= 0.6 is 11.8 Å². The molecule has 1 aliphatic heterocycles. The zero-order valence-corrected chi connectivity index (χ0v) is 19.7. The summed E-state index contributed by atoms with van der Waals surface area (Å²) in [6.45, 7) is 1.01. The van der Waals surface area contributed by atoms with E-state index in [0.717, 1.165) is 12.8 Å². The first-order chi connectivity index (χ1) is 16.5. The van der Waals surface area contributed by atoms with Gasteiger partial charge in [0.15, 0.2) is 5.16 Å². The average Bonchev–Trinajstić information content (AvgIpc) is 3.56. The molecule has 0 radical (unpaired) electrons. The third kappa shape index (κ3) is 4.14. The van der Waals surface area contributed by atoms with Crippen molar-refractivity contribution < 1.29 is 12.8 Å². The summed E-state index contributed by atoms with van der Waals surface area (Å²) in [5, 5.41) is 9.95. The van der Waals surface area contributed by atoms with E-state index in [0.29, 0.717) is 46.2 Å². The number of hydrogen-bond donors (Lipinski definition) is 0. The lowest BCUT2D eigenvalue weighted by molar-refractivity contribution is 0.397. The smallest absolute Gasteiger partial charge is 0.276 e. The third-order valence-electron chi connectivity index (χ3n) is 5.64. The van der Waals surface area contributed by atoms with E-state index in [-0.39, 0.29) is 16.4 Å². The lowest BCUT2D eigenvalue weighted by Crippen LogP contribution is -2.27. The van der Waals surface area contributed by atoms with Crippen LogP contribution < -0.4 is 5.56 Å². The molecule has 2 aromatic carbocycles. The molecule has 0 unspecified atom stereocenters. The minimum atomic E-state index is -3.63. The van der Waals surface area contributed by atoms with Crippen LogP contribution in [0.3, 0.4) is 0 Å². The van der Waals surface area contributed by atoms with Crippen LogP contribution in [0.1, 0.15) is 24.2 Å². The summed E-state index contributed by atoms with van der Waals surface area (Å²) in [5.41, 5.74) is 1.41. The Morgan fingerprint density at radius 2 is 1.76 bits per heavy atom. The third-order valence-corrected chi connectivity index (χ3v) is 8.37. The highest BCUT2D eigenvalue weighted by Crippen LogP contribution is 2.28. The molecule has 0 spiro atoms. The summed E-state index contributed by atoms with van der Waals surface area (Å²) in [6.07, 6.45) is 1.70. The number of aromatic nitrogens is 2. The molecule has 34 heavy (non-hydrogen) atoms. The van der Waals surface area contributed by atoms with E-state index >= 15 is 0 Å². The van der Waals surface area contributed by atoms with Gasteiger partial charge in [-0.05, 0) is 61.4 Å². The van der Waals surface area contributed by atoms with Gasteiger partial charge in [0.1, 0.15) is 5.76 Å². The minimum Gasteiger partial charge on any atom is -0.447 e. The Balaban J connectivity index is 1.48. The minimum absolute atomic E-state index is 0.0686. The Morgan fingerprint density at radius 3 is 2.50 bits per heavy atom. The normalized spacial score (nSPS) is 14.4. The molecular formula is C24H20N4O4S2. The molecule has 1 aliphatic rings. The van der Waals surface area contributed by atoms with Crippen molar-refractivity contribution in [1.82, 2.24) is 13.9 Å². The summed E-state index contributed by atoms with van der Waals surface area (Å²) in [7, 11) is -3.63. The van der Waals surface area contributed by atoms with E-state index in [1.165, 1.54) is 26.7 Å². The van der Waals surface area contributed by atoms with E-state index < -0.39 is 10.0 Å². The fraction of sp³-hybridized carbons (Fsp3) is 0.208. The van der Waals surface area contributed by atoms with Gasteiger partial charge in [0.25, 0.3) is 15.6 Å². The quantitative estimate of drug-likeness (QED) is 0.296. The van der Waals surface area contributed by atoms with Crippen LogP contribution in [0, 0.1) is 11.3 Å². The molecule has 4 aromatic rings. The zero-order valence-electron chi connectivity index (χ0n) is 18.0. The van der Waals surface area contributed by atoms with Gasteiger partial charge in [0.2, 0.25) is 5.09 Å². The molecule has 0 bridgehead atoms. The first kappa shape index (κ1) is 22.4.